The maximum absolute atomic E-state index is 12.3. The fourth-order valence-corrected chi connectivity index (χ4v) is 2.15. The summed E-state index contributed by atoms with van der Waals surface area (Å²) in [6.07, 6.45) is 1.62. The molecule has 1 amide bonds. The number of amides is 1. The lowest BCUT2D eigenvalue weighted by atomic mass is 10.2. The number of anilines is 1. The number of hydrogen-bond acceptors (Lipinski definition) is 4. The van der Waals surface area contributed by atoms with Crippen molar-refractivity contribution in [3.8, 4) is 0 Å². The van der Waals surface area contributed by atoms with Gasteiger partial charge in [0.1, 0.15) is 0 Å². The van der Waals surface area contributed by atoms with Gasteiger partial charge in [0.25, 0.3) is 0 Å². The van der Waals surface area contributed by atoms with Crippen LogP contribution in [0.5, 0.6) is 0 Å². The predicted molar refractivity (Wildman–Crippen MR) is 81.9 cm³/mol. The second-order valence-corrected chi connectivity index (χ2v) is 4.62. The number of rotatable bonds is 2. The topological polar surface area (TPSA) is 73.2 Å². The summed E-state index contributed by atoms with van der Waals surface area (Å²) in [6, 6.07) is 13.5. The molecule has 1 N–H and O–H groups in total. The molecule has 6 nitrogen and oxygen atoms in total. The lowest BCUT2D eigenvalue weighted by Crippen LogP contribution is -2.20. The number of ether oxygens (including phenoxy) is 1. The number of nitrogens with one attached hydrogen (secondary N) is 1. The highest BCUT2D eigenvalue weighted by Crippen LogP contribution is 2.15. The molecule has 0 unspecified atom stereocenters. The molecule has 2 aromatic carbocycles. The summed E-state index contributed by atoms with van der Waals surface area (Å²) in [5.41, 5.74) is 1.57. The number of aromatic nitrogens is 2. The summed E-state index contributed by atoms with van der Waals surface area (Å²) in [5, 5.41) is 7.66. The molecule has 3 rings (SSSR count). The number of carbonyl (C=O) groups is 2. The second-order valence-electron chi connectivity index (χ2n) is 4.62. The van der Waals surface area contributed by atoms with Crippen LogP contribution in [0.3, 0.4) is 0 Å². The van der Waals surface area contributed by atoms with Crippen molar-refractivity contribution in [3.63, 3.8) is 0 Å². The van der Waals surface area contributed by atoms with Gasteiger partial charge in [0.2, 0.25) is 0 Å². The molecule has 1 aromatic heterocycles. The molecule has 0 saturated carbocycles. The van der Waals surface area contributed by atoms with Crippen molar-refractivity contribution in [2.45, 2.75) is 0 Å². The molecule has 3 aromatic rings. The maximum atomic E-state index is 12.3. The van der Waals surface area contributed by atoms with Crippen LogP contribution in [0.15, 0.2) is 54.7 Å². The van der Waals surface area contributed by atoms with Crippen molar-refractivity contribution in [3.05, 3.63) is 60.3 Å². The quantitative estimate of drug-likeness (QED) is 0.738. The first-order chi connectivity index (χ1) is 10.7. The summed E-state index contributed by atoms with van der Waals surface area (Å²) in [6.45, 7) is 0. The van der Waals surface area contributed by atoms with E-state index in [-0.39, 0.29) is 0 Å². The van der Waals surface area contributed by atoms with Crippen LogP contribution >= 0.6 is 0 Å². The summed E-state index contributed by atoms with van der Waals surface area (Å²) in [5.74, 6) is -0.458. The molecule has 0 aliphatic carbocycles. The van der Waals surface area contributed by atoms with Crippen LogP contribution in [0.1, 0.15) is 10.4 Å². The van der Waals surface area contributed by atoms with E-state index in [4.69, 9.17) is 0 Å². The van der Waals surface area contributed by atoms with E-state index in [1.807, 2.05) is 24.3 Å². The first-order valence-corrected chi connectivity index (χ1v) is 6.61. The molecular formula is C16H13N3O3. The molecule has 0 radical (unpaired) electrons. The minimum Gasteiger partial charge on any atom is -0.465 e. The molecule has 1 heterocycles. The highest BCUT2D eigenvalue weighted by atomic mass is 16.5. The molecule has 110 valence electrons. The van der Waals surface area contributed by atoms with Gasteiger partial charge in [0, 0.05) is 11.1 Å². The SMILES string of the molecule is COC(=O)c1cccc(NC(=O)n2ncc3ccccc32)c1. The smallest absolute Gasteiger partial charge is 0.347 e. The largest absolute Gasteiger partial charge is 0.465 e. The van der Waals surface area contributed by atoms with Gasteiger partial charge < -0.3 is 10.1 Å². The first-order valence-electron chi connectivity index (χ1n) is 6.61. The molecule has 6 heteroatoms. The van der Waals surface area contributed by atoms with E-state index >= 15 is 0 Å². The van der Waals surface area contributed by atoms with Gasteiger partial charge >= 0.3 is 12.0 Å². The standard InChI is InChI=1S/C16H13N3O3/c1-22-15(20)11-6-4-7-13(9-11)18-16(21)19-14-8-3-2-5-12(14)10-17-19/h2-10H,1H3,(H,18,21). The Morgan fingerprint density at radius 3 is 2.77 bits per heavy atom. The third-order valence-electron chi connectivity index (χ3n) is 3.20. The molecular weight excluding hydrogens is 282 g/mol. The first kappa shape index (κ1) is 13.8. The molecule has 0 spiro atoms. The number of hydrogen-bond donors (Lipinski definition) is 1. The van der Waals surface area contributed by atoms with Gasteiger partial charge in [-0.2, -0.15) is 9.78 Å². The molecule has 0 fully saturated rings. The van der Waals surface area contributed by atoms with Gasteiger partial charge in [0.05, 0.1) is 24.4 Å². The van der Waals surface area contributed by atoms with Gasteiger partial charge in [-0.25, -0.2) is 9.59 Å². The number of carbonyl (C=O) groups excluding carboxylic acids is 2. The molecule has 0 aliphatic heterocycles. The Hall–Kier alpha value is -3.15. The summed E-state index contributed by atoms with van der Waals surface area (Å²) >= 11 is 0. The van der Waals surface area contributed by atoms with Crippen molar-refractivity contribution in [1.29, 1.82) is 0 Å². The Morgan fingerprint density at radius 1 is 1.14 bits per heavy atom. The van der Waals surface area contributed by atoms with Crippen LogP contribution in [0.2, 0.25) is 0 Å². The number of fused-ring (bicyclic) bond motifs is 1. The minimum atomic E-state index is -0.458. The van der Waals surface area contributed by atoms with Crippen LogP contribution in [0.4, 0.5) is 10.5 Å². The van der Waals surface area contributed by atoms with E-state index in [1.165, 1.54) is 11.8 Å². The highest BCUT2D eigenvalue weighted by molar-refractivity contribution is 5.98. The predicted octanol–water partition coefficient (Wildman–Crippen LogP) is 2.90. The second kappa shape index (κ2) is 5.69. The van der Waals surface area contributed by atoms with Crippen LogP contribution in [-0.4, -0.2) is 28.9 Å². The average Bonchev–Trinajstić information content (AvgIpc) is 2.98. The van der Waals surface area contributed by atoms with Crippen LogP contribution in [0, 0.1) is 0 Å². The Balaban J connectivity index is 1.87. The van der Waals surface area contributed by atoms with E-state index in [1.54, 1.807) is 30.5 Å². The minimum absolute atomic E-state index is 0.366. The Morgan fingerprint density at radius 2 is 1.95 bits per heavy atom. The van der Waals surface area contributed by atoms with Crippen molar-refractivity contribution < 1.29 is 14.3 Å². The van der Waals surface area contributed by atoms with Crippen molar-refractivity contribution in [2.24, 2.45) is 0 Å². The van der Waals surface area contributed by atoms with E-state index in [9.17, 15) is 9.59 Å². The van der Waals surface area contributed by atoms with Crippen LogP contribution in [-0.2, 0) is 4.74 Å². The van der Waals surface area contributed by atoms with Crippen LogP contribution in [0.25, 0.3) is 10.9 Å². The Bertz CT molecular complexity index is 854. The van der Waals surface area contributed by atoms with Crippen molar-refractivity contribution in [2.75, 3.05) is 12.4 Å². The highest BCUT2D eigenvalue weighted by Gasteiger charge is 2.11. The zero-order chi connectivity index (χ0) is 15.5. The van der Waals surface area contributed by atoms with Crippen molar-refractivity contribution >= 4 is 28.6 Å². The Kier molecular flexibility index (Phi) is 3.57. The maximum Gasteiger partial charge on any atom is 0.347 e. The fraction of sp³-hybridized carbons (Fsp3) is 0.0625. The lowest BCUT2D eigenvalue weighted by molar-refractivity contribution is 0.0600. The van der Waals surface area contributed by atoms with Gasteiger partial charge in [-0.05, 0) is 24.3 Å². The number of benzene rings is 2. The van der Waals surface area contributed by atoms with Gasteiger partial charge in [-0.1, -0.05) is 24.3 Å². The summed E-state index contributed by atoms with van der Waals surface area (Å²) in [7, 11) is 1.31. The normalized spacial score (nSPS) is 10.4. The zero-order valence-corrected chi connectivity index (χ0v) is 11.8. The average molecular weight is 295 g/mol. The molecule has 0 atom stereocenters. The zero-order valence-electron chi connectivity index (χ0n) is 11.8. The van der Waals surface area contributed by atoms with E-state index in [2.05, 4.69) is 15.2 Å². The van der Waals surface area contributed by atoms with Crippen LogP contribution < -0.4 is 5.32 Å². The summed E-state index contributed by atoms with van der Waals surface area (Å²) < 4.78 is 5.93. The molecule has 0 aliphatic rings. The Labute approximate surface area is 126 Å². The fourth-order valence-electron chi connectivity index (χ4n) is 2.15. The number of nitrogens with zero attached hydrogens (tertiary/aromatic N) is 2. The van der Waals surface area contributed by atoms with E-state index in [0.29, 0.717) is 16.8 Å². The molecule has 0 saturated heterocycles. The number of methoxy groups -OCH3 is 1. The third kappa shape index (κ3) is 2.54. The van der Waals surface area contributed by atoms with E-state index in [0.717, 1.165) is 5.39 Å². The third-order valence-corrected chi connectivity index (χ3v) is 3.20. The number of para-hydroxylation sites is 1. The summed E-state index contributed by atoms with van der Waals surface area (Å²) in [4.78, 5) is 23.8. The monoisotopic (exact) mass is 295 g/mol. The van der Waals surface area contributed by atoms with Gasteiger partial charge in [-0.3, -0.25) is 0 Å². The molecule has 22 heavy (non-hydrogen) atoms. The number of esters is 1. The van der Waals surface area contributed by atoms with E-state index < -0.39 is 12.0 Å². The lowest BCUT2D eigenvalue weighted by Gasteiger charge is -2.07. The van der Waals surface area contributed by atoms with Gasteiger partial charge in [0.15, 0.2) is 0 Å². The van der Waals surface area contributed by atoms with Gasteiger partial charge in [-0.15, -0.1) is 0 Å². The van der Waals surface area contributed by atoms with Crippen molar-refractivity contribution in [1.82, 2.24) is 9.78 Å². The molecule has 0 bridgehead atoms.